The number of aliphatic carboxylic acids is 1. The van der Waals surface area contributed by atoms with E-state index in [9.17, 15) is 19.1 Å². The van der Waals surface area contributed by atoms with Gasteiger partial charge in [0, 0.05) is 6.08 Å². The van der Waals surface area contributed by atoms with Gasteiger partial charge in [0.05, 0.1) is 12.1 Å². The van der Waals surface area contributed by atoms with Crippen molar-refractivity contribution in [2.45, 2.75) is 6.42 Å². The van der Waals surface area contributed by atoms with Gasteiger partial charge >= 0.3 is 5.97 Å². The van der Waals surface area contributed by atoms with Gasteiger partial charge in [0.15, 0.2) is 0 Å². The lowest BCUT2D eigenvalue weighted by Gasteiger charge is -2.07. The van der Waals surface area contributed by atoms with Gasteiger partial charge in [-0.15, -0.1) is 0 Å². The number of carboxylic acids is 1. The molecule has 2 aromatic rings. The second kappa shape index (κ2) is 7.22. The van der Waals surface area contributed by atoms with Crippen molar-refractivity contribution in [2.75, 3.05) is 5.32 Å². The van der Waals surface area contributed by atoms with Crippen LogP contribution in [0.25, 0.3) is 6.08 Å². The molecule has 118 valence electrons. The summed E-state index contributed by atoms with van der Waals surface area (Å²) >= 11 is 0. The number of phenolic OH excluding ortho intramolecular Hbond substituents is 1. The molecule has 1 amide bonds. The van der Waals surface area contributed by atoms with Crippen LogP contribution in [0, 0.1) is 5.82 Å². The molecule has 0 aliphatic heterocycles. The molecule has 0 spiro atoms. The third-order valence-electron chi connectivity index (χ3n) is 2.97. The second-order valence-electron chi connectivity index (χ2n) is 4.80. The fourth-order valence-corrected chi connectivity index (χ4v) is 1.89. The SMILES string of the molecule is O=C(O)Cc1ccc(O)c(NC(=O)/C=C/c2ccc(F)cc2)c1. The Balaban J connectivity index is 2.07. The number of aromatic hydroxyl groups is 1. The number of carbonyl (C=O) groups is 2. The molecule has 0 bridgehead atoms. The van der Waals surface area contributed by atoms with E-state index >= 15 is 0 Å². The smallest absolute Gasteiger partial charge is 0.307 e. The molecule has 6 heteroatoms. The maximum Gasteiger partial charge on any atom is 0.307 e. The zero-order valence-electron chi connectivity index (χ0n) is 12.0. The third kappa shape index (κ3) is 4.96. The van der Waals surface area contributed by atoms with Crippen LogP contribution in [0.3, 0.4) is 0 Å². The summed E-state index contributed by atoms with van der Waals surface area (Å²) in [5.74, 6) is -2.05. The van der Waals surface area contributed by atoms with E-state index in [4.69, 9.17) is 5.11 Å². The van der Waals surface area contributed by atoms with E-state index in [0.29, 0.717) is 11.1 Å². The number of benzene rings is 2. The van der Waals surface area contributed by atoms with Crippen molar-refractivity contribution in [1.82, 2.24) is 0 Å². The topological polar surface area (TPSA) is 86.6 Å². The van der Waals surface area contributed by atoms with Crippen LogP contribution in [-0.4, -0.2) is 22.1 Å². The van der Waals surface area contributed by atoms with Crippen LogP contribution in [0.5, 0.6) is 5.75 Å². The molecular formula is C17H14FNO4. The summed E-state index contributed by atoms with van der Waals surface area (Å²) in [5, 5.41) is 20.9. The number of nitrogens with one attached hydrogen (secondary N) is 1. The quantitative estimate of drug-likeness (QED) is 0.585. The fourth-order valence-electron chi connectivity index (χ4n) is 1.89. The molecule has 0 aliphatic rings. The standard InChI is InChI=1S/C17H14FNO4/c18-13-5-1-11(2-6-13)4-8-16(21)19-14-9-12(10-17(22)23)3-7-15(14)20/h1-9,20H,10H2,(H,19,21)(H,22,23)/b8-4+. The molecule has 2 aromatic carbocycles. The molecule has 3 N–H and O–H groups in total. The molecule has 0 aromatic heterocycles. The average molecular weight is 315 g/mol. The lowest BCUT2D eigenvalue weighted by Crippen LogP contribution is -2.09. The summed E-state index contributed by atoms with van der Waals surface area (Å²) in [4.78, 5) is 22.5. The molecular weight excluding hydrogens is 301 g/mol. The highest BCUT2D eigenvalue weighted by Crippen LogP contribution is 2.24. The van der Waals surface area contributed by atoms with Gasteiger partial charge in [-0.1, -0.05) is 18.2 Å². The Hall–Kier alpha value is -3.15. The molecule has 0 heterocycles. The zero-order chi connectivity index (χ0) is 16.8. The largest absolute Gasteiger partial charge is 0.506 e. The van der Waals surface area contributed by atoms with Crippen molar-refractivity contribution >= 4 is 23.6 Å². The Morgan fingerprint density at radius 3 is 2.48 bits per heavy atom. The molecule has 0 radical (unpaired) electrons. The van der Waals surface area contributed by atoms with E-state index in [0.717, 1.165) is 0 Å². The third-order valence-corrected chi connectivity index (χ3v) is 2.97. The van der Waals surface area contributed by atoms with Crippen LogP contribution in [0.4, 0.5) is 10.1 Å². The summed E-state index contributed by atoms with van der Waals surface area (Å²) < 4.78 is 12.8. The van der Waals surface area contributed by atoms with Crippen molar-refractivity contribution < 1.29 is 24.2 Å². The summed E-state index contributed by atoms with van der Waals surface area (Å²) in [6, 6.07) is 9.77. The lowest BCUT2D eigenvalue weighted by atomic mass is 10.1. The van der Waals surface area contributed by atoms with Crippen LogP contribution in [-0.2, 0) is 16.0 Å². The van der Waals surface area contributed by atoms with E-state index in [2.05, 4.69) is 5.32 Å². The molecule has 0 saturated carbocycles. The molecule has 0 fully saturated rings. The van der Waals surface area contributed by atoms with Crippen LogP contribution in [0.15, 0.2) is 48.5 Å². The minimum Gasteiger partial charge on any atom is -0.506 e. The van der Waals surface area contributed by atoms with Crippen molar-refractivity contribution in [3.05, 3.63) is 65.5 Å². The first kappa shape index (κ1) is 16.2. The molecule has 2 rings (SSSR count). The van der Waals surface area contributed by atoms with Gasteiger partial charge in [-0.25, -0.2) is 4.39 Å². The molecule has 5 nitrogen and oxygen atoms in total. The highest BCUT2D eigenvalue weighted by molar-refractivity contribution is 6.02. The van der Waals surface area contributed by atoms with Gasteiger partial charge in [-0.3, -0.25) is 9.59 Å². The first-order chi connectivity index (χ1) is 10.9. The first-order valence-corrected chi connectivity index (χ1v) is 6.72. The Labute approximate surface area is 131 Å². The summed E-state index contributed by atoms with van der Waals surface area (Å²) in [5.41, 5.74) is 1.22. The van der Waals surface area contributed by atoms with E-state index in [-0.39, 0.29) is 23.7 Å². The van der Waals surface area contributed by atoms with Crippen LogP contribution in [0.2, 0.25) is 0 Å². The second-order valence-corrected chi connectivity index (χ2v) is 4.80. The number of halogens is 1. The monoisotopic (exact) mass is 315 g/mol. The molecule has 0 atom stereocenters. The van der Waals surface area contributed by atoms with E-state index in [1.165, 1.54) is 54.6 Å². The molecule has 0 saturated heterocycles. The van der Waals surface area contributed by atoms with E-state index in [1.54, 1.807) is 0 Å². The van der Waals surface area contributed by atoms with Crippen LogP contribution < -0.4 is 5.32 Å². The van der Waals surface area contributed by atoms with Gasteiger partial charge in [-0.2, -0.15) is 0 Å². The number of carbonyl (C=O) groups excluding carboxylic acids is 1. The number of hydrogen-bond donors (Lipinski definition) is 3. The highest BCUT2D eigenvalue weighted by atomic mass is 19.1. The lowest BCUT2D eigenvalue weighted by molar-refractivity contribution is -0.136. The Morgan fingerprint density at radius 1 is 1.13 bits per heavy atom. The number of rotatable bonds is 5. The van der Waals surface area contributed by atoms with Gasteiger partial charge in [0.1, 0.15) is 11.6 Å². The van der Waals surface area contributed by atoms with Crippen molar-refractivity contribution in [3.8, 4) is 5.75 Å². The van der Waals surface area contributed by atoms with Crippen molar-refractivity contribution in [3.63, 3.8) is 0 Å². The number of anilines is 1. The summed E-state index contributed by atoms with van der Waals surface area (Å²) in [7, 11) is 0. The van der Waals surface area contributed by atoms with E-state index in [1.807, 2.05) is 0 Å². The molecule has 0 unspecified atom stereocenters. The summed E-state index contributed by atoms with van der Waals surface area (Å²) in [6.45, 7) is 0. The molecule has 0 aliphatic carbocycles. The number of phenols is 1. The fraction of sp³-hybridized carbons (Fsp3) is 0.0588. The Kier molecular flexibility index (Phi) is 5.09. The number of carboxylic acid groups (broad SMARTS) is 1. The van der Waals surface area contributed by atoms with Gasteiger partial charge in [-0.05, 0) is 41.5 Å². The average Bonchev–Trinajstić information content (AvgIpc) is 2.49. The molecule has 23 heavy (non-hydrogen) atoms. The normalized spacial score (nSPS) is 10.7. The Bertz CT molecular complexity index is 754. The van der Waals surface area contributed by atoms with Gasteiger partial charge < -0.3 is 15.5 Å². The van der Waals surface area contributed by atoms with Gasteiger partial charge in [0.2, 0.25) is 5.91 Å². The van der Waals surface area contributed by atoms with E-state index < -0.39 is 11.9 Å². The first-order valence-electron chi connectivity index (χ1n) is 6.72. The maximum atomic E-state index is 12.8. The number of amides is 1. The minimum atomic E-state index is -1.01. The van der Waals surface area contributed by atoms with Crippen LogP contribution >= 0.6 is 0 Å². The van der Waals surface area contributed by atoms with Crippen molar-refractivity contribution in [2.24, 2.45) is 0 Å². The minimum absolute atomic E-state index is 0.123. The highest BCUT2D eigenvalue weighted by Gasteiger charge is 2.07. The maximum absolute atomic E-state index is 12.8. The number of hydrogen-bond acceptors (Lipinski definition) is 3. The van der Waals surface area contributed by atoms with Crippen molar-refractivity contribution in [1.29, 1.82) is 0 Å². The van der Waals surface area contributed by atoms with Crippen LogP contribution in [0.1, 0.15) is 11.1 Å². The summed E-state index contributed by atoms with van der Waals surface area (Å²) in [6.07, 6.45) is 2.51. The predicted octanol–water partition coefficient (Wildman–Crippen LogP) is 2.81. The van der Waals surface area contributed by atoms with Gasteiger partial charge in [0.25, 0.3) is 0 Å². The predicted molar refractivity (Wildman–Crippen MR) is 83.5 cm³/mol. The Morgan fingerprint density at radius 2 is 1.83 bits per heavy atom. The zero-order valence-corrected chi connectivity index (χ0v) is 12.0.